The van der Waals surface area contributed by atoms with Crippen molar-refractivity contribution in [1.29, 1.82) is 0 Å². The van der Waals surface area contributed by atoms with Crippen molar-refractivity contribution in [1.82, 2.24) is 9.97 Å². The van der Waals surface area contributed by atoms with Crippen LogP contribution in [0.4, 0.5) is 5.69 Å². The highest BCUT2D eigenvalue weighted by atomic mass is 35.5. The lowest BCUT2D eigenvalue weighted by Gasteiger charge is -2.15. The zero-order chi connectivity index (χ0) is 10.1. The predicted octanol–water partition coefficient (Wildman–Crippen LogP) is 2.83. The van der Waals surface area contributed by atoms with Crippen molar-refractivity contribution in [3.63, 3.8) is 0 Å². The lowest BCUT2D eigenvalue weighted by Crippen LogP contribution is -2.15. The van der Waals surface area contributed by atoms with Gasteiger partial charge in [-0.25, -0.2) is 9.97 Å². The zero-order valence-electron chi connectivity index (χ0n) is 7.71. The fourth-order valence-corrected chi connectivity index (χ4v) is 0.941. The molecule has 0 fully saturated rings. The second-order valence-electron chi connectivity index (χ2n) is 3.71. The molecule has 0 spiro atoms. The van der Waals surface area contributed by atoms with Crippen LogP contribution in [0, 0.1) is 4.91 Å². The molecule has 70 valence electrons. The van der Waals surface area contributed by atoms with Gasteiger partial charge in [-0.1, -0.05) is 32.4 Å². The van der Waals surface area contributed by atoms with Crippen LogP contribution in [0.1, 0.15) is 26.6 Å². The first-order valence-corrected chi connectivity index (χ1v) is 4.19. The quantitative estimate of drug-likeness (QED) is 0.516. The first-order chi connectivity index (χ1) is 5.95. The summed E-state index contributed by atoms with van der Waals surface area (Å²) in [5, 5.41) is 2.79. The first-order valence-electron chi connectivity index (χ1n) is 3.81. The number of nitrogens with zero attached hydrogens (tertiary/aromatic N) is 3. The number of halogens is 1. The summed E-state index contributed by atoms with van der Waals surface area (Å²) in [6.07, 6.45) is 1.34. The Morgan fingerprint density at radius 2 is 2.08 bits per heavy atom. The van der Waals surface area contributed by atoms with Crippen LogP contribution >= 0.6 is 11.6 Å². The number of hydrogen-bond donors (Lipinski definition) is 0. The largest absolute Gasteiger partial charge is 0.238 e. The highest BCUT2D eigenvalue weighted by Crippen LogP contribution is 2.25. The van der Waals surface area contributed by atoms with E-state index in [2.05, 4.69) is 15.1 Å². The molecule has 1 aromatic heterocycles. The minimum atomic E-state index is -0.176. The molecular weight excluding hydrogens is 190 g/mol. The van der Waals surface area contributed by atoms with Crippen LogP contribution in [0.2, 0.25) is 5.15 Å². The van der Waals surface area contributed by atoms with Gasteiger partial charge in [0.2, 0.25) is 0 Å². The fourth-order valence-electron chi connectivity index (χ4n) is 0.777. The van der Waals surface area contributed by atoms with E-state index < -0.39 is 0 Å². The Morgan fingerprint density at radius 3 is 2.46 bits per heavy atom. The summed E-state index contributed by atoms with van der Waals surface area (Å²) in [6, 6.07) is 0. The molecule has 0 radical (unpaired) electrons. The molecule has 1 aromatic rings. The van der Waals surface area contributed by atoms with E-state index in [0.717, 1.165) is 0 Å². The summed E-state index contributed by atoms with van der Waals surface area (Å²) >= 11 is 5.69. The van der Waals surface area contributed by atoms with Crippen LogP contribution in [-0.4, -0.2) is 9.97 Å². The first kappa shape index (κ1) is 10.1. The molecule has 0 aromatic carbocycles. The average Bonchev–Trinajstić information content (AvgIpc) is 2.02. The third kappa shape index (κ3) is 2.21. The van der Waals surface area contributed by atoms with Crippen LogP contribution in [0.3, 0.4) is 0 Å². The van der Waals surface area contributed by atoms with Gasteiger partial charge in [-0.3, -0.25) is 0 Å². The molecule has 0 saturated carbocycles. The number of rotatable bonds is 1. The molecule has 0 N–H and O–H groups in total. The van der Waals surface area contributed by atoms with Crippen LogP contribution in [0.5, 0.6) is 0 Å². The van der Waals surface area contributed by atoms with E-state index in [1.54, 1.807) is 0 Å². The summed E-state index contributed by atoms with van der Waals surface area (Å²) in [4.78, 5) is 18.1. The number of hydrogen-bond acceptors (Lipinski definition) is 4. The van der Waals surface area contributed by atoms with E-state index >= 15 is 0 Å². The molecular formula is C8H10ClN3O. The van der Waals surface area contributed by atoms with E-state index in [1.165, 1.54) is 6.20 Å². The summed E-state index contributed by atoms with van der Waals surface area (Å²) in [7, 11) is 0. The third-order valence-corrected chi connectivity index (χ3v) is 1.77. The molecule has 0 bridgehead atoms. The Kier molecular flexibility index (Phi) is 2.61. The SMILES string of the molecule is CC(C)(C)c1ncc(N=O)c(Cl)n1. The van der Waals surface area contributed by atoms with Crippen molar-refractivity contribution in [3.8, 4) is 0 Å². The summed E-state index contributed by atoms with van der Waals surface area (Å²) < 4.78 is 0. The standard InChI is InChI=1S/C8H10ClN3O/c1-8(2,3)7-10-4-5(12-13)6(9)11-7/h4H,1-3H3. The summed E-state index contributed by atoms with van der Waals surface area (Å²) in [5.41, 5.74) is -0.0971. The van der Waals surface area contributed by atoms with Crippen molar-refractivity contribution in [2.75, 3.05) is 0 Å². The third-order valence-electron chi connectivity index (χ3n) is 1.49. The van der Waals surface area contributed by atoms with Gasteiger partial charge in [-0.2, -0.15) is 0 Å². The van der Waals surface area contributed by atoms with Gasteiger partial charge in [0.25, 0.3) is 0 Å². The molecule has 13 heavy (non-hydrogen) atoms. The van der Waals surface area contributed by atoms with E-state index in [-0.39, 0.29) is 16.3 Å². The van der Waals surface area contributed by atoms with Crippen molar-refractivity contribution < 1.29 is 0 Å². The zero-order valence-corrected chi connectivity index (χ0v) is 8.46. The summed E-state index contributed by atoms with van der Waals surface area (Å²) in [6.45, 7) is 5.89. The second kappa shape index (κ2) is 3.38. The Morgan fingerprint density at radius 1 is 1.46 bits per heavy atom. The lowest BCUT2D eigenvalue weighted by atomic mass is 9.96. The Balaban J connectivity index is 3.17. The van der Waals surface area contributed by atoms with Gasteiger partial charge < -0.3 is 0 Å². The minimum absolute atomic E-state index is 0.0784. The van der Waals surface area contributed by atoms with Gasteiger partial charge in [0.15, 0.2) is 10.8 Å². The van der Waals surface area contributed by atoms with Crippen molar-refractivity contribution in [2.45, 2.75) is 26.2 Å². The Bertz CT molecular complexity index is 333. The van der Waals surface area contributed by atoms with Crippen molar-refractivity contribution >= 4 is 17.3 Å². The molecule has 0 aliphatic heterocycles. The summed E-state index contributed by atoms with van der Waals surface area (Å²) in [5.74, 6) is 0.602. The molecule has 4 nitrogen and oxygen atoms in total. The highest BCUT2D eigenvalue weighted by Gasteiger charge is 2.18. The molecule has 0 aliphatic carbocycles. The van der Waals surface area contributed by atoms with Crippen LogP contribution in [0.25, 0.3) is 0 Å². The van der Waals surface area contributed by atoms with E-state index in [4.69, 9.17) is 11.6 Å². The minimum Gasteiger partial charge on any atom is -0.238 e. The Labute approximate surface area is 81.3 Å². The van der Waals surface area contributed by atoms with Crippen molar-refractivity contribution in [3.05, 3.63) is 22.1 Å². The average molecular weight is 200 g/mol. The number of aromatic nitrogens is 2. The van der Waals surface area contributed by atoms with Crippen LogP contribution < -0.4 is 0 Å². The van der Waals surface area contributed by atoms with E-state index in [9.17, 15) is 4.91 Å². The predicted molar refractivity (Wildman–Crippen MR) is 51.2 cm³/mol. The molecule has 1 heterocycles. The van der Waals surface area contributed by atoms with Crippen LogP contribution in [-0.2, 0) is 5.41 Å². The smallest absolute Gasteiger partial charge is 0.163 e. The van der Waals surface area contributed by atoms with Gasteiger partial charge in [-0.15, -0.1) is 4.91 Å². The van der Waals surface area contributed by atoms with Gasteiger partial charge >= 0.3 is 0 Å². The monoisotopic (exact) mass is 199 g/mol. The maximum absolute atomic E-state index is 10.2. The lowest BCUT2D eigenvalue weighted by molar-refractivity contribution is 0.545. The molecule has 1 rings (SSSR count). The maximum Gasteiger partial charge on any atom is 0.163 e. The topological polar surface area (TPSA) is 55.2 Å². The van der Waals surface area contributed by atoms with Gasteiger partial charge in [0.05, 0.1) is 6.20 Å². The normalized spacial score (nSPS) is 11.4. The fraction of sp³-hybridized carbons (Fsp3) is 0.500. The highest BCUT2D eigenvalue weighted by molar-refractivity contribution is 6.31. The molecule has 0 saturated heterocycles. The van der Waals surface area contributed by atoms with E-state index in [1.807, 2.05) is 20.8 Å². The molecule has 0 amide bonds. The molecule has 0 aliphatic rings. The molecule has 0 atom stereocenters. The van der Waals surface area contributed by atoms with Crippen molar-refractivity contribution in [2.24, 2.45) is 5.18 Å². The van der Waals surface area contributed by atoms with E-state index in [0.29, 0.717) is 5.82 Å². The molecule has 5 heteroatoms. The molecule has 0 unspecified atom stereocenters. The van der Waals surface area contributed by atoms with Gasteiger partial charge in [-0.05, 0) is 5.18 Å². The second-order valence-corrected chi connectivity index (χ2v) is 4.07. The maximum atomic E-state index is 10.2. The van der Waals surface area contributed by atoms with Gasteiger partial charge in [0, 0.05) is 5.41 Å². The Hall–Kier alpha value is -1.03. The number of nitroso groups, excluding NO2 is 1. The van der Waals surface area contributed by atoms with Gasteiger partial charge in [0.1, 0.15) is 5.82 Å². The van der Waals surface area contributed by atoms with Crippen LogP contribution in [0.15, 0.2) is 11.4 Å².